The highest BCUT2D eigenvalue weighted by Gasteiger charge is 2.36. The molecule has 0 aliphatic heterocycles. The van der Waals surface area contributed by atoms with Gasteiger partial charge in [-0.25, -0.2) is 0 Å². The Kier molecular flexibility index (Phi) is 7.20. The number of rotatable bonds is 9. The Morgan fingerprint density at radius 2 is 1.40 bits per heavy atom. The molecule has 0 atom stereocenters. The summed E-state index contributed by atoms with van der Waals surface area (Å²) >= 11 is 0. The highest BCUT2D eigenvalue weighted by atomic mass is 16.2. The molecule has 0 radical (unpaired) electrons. The summed E-state index contributed by atoms with van der Waals surface area (Å²) in [6.45, 7) is 10.2. The second kappa shape index (κ2) is 9.38. The summed E-state index contributed by atoms with van der Waals surface area (Å²) in [5, 5.41) is 3.16. The van der Waals surface area contributed by atoms with Crippen LogP contribution in [0, 0.1) is 0 Å². The van der Waals surface area contributed by atoms with Crippen LogP contribution in [0.5, 0.6) is 0 Å². The average molecular weight is 338 g/mol. The Labute approximate surface area is 152 Å². The van der Waals surface area contributed by atoms with Gasteiger partial charge in [0, 0.05) is 6.54 Å². The van der Waals surface area contributed by atoms with Crippen LogP contribution in [0.4, 0.5) is 0 Å². The van der Waals surface area contributed by atoms with E-state index in [0.29, 0.717) is 6.54 Å². The van der Waals surface area contributed by atoms with Crippen LogP contribution in [0.25, 0.3) is 0 Å². The summed E-state index contributed by atoms with van der Waals surface area (Å²) < 4.78 is 0. The molecule has 1 amide bonds. The molecule has 0 fully saturated rings. The molecule has 134 valence electrons. The van der Waals surface area contributed by atoms with E-state index >= 15 is 0 Å². The number of nitrogens with zero attached hydrogens (tertiary/aromatic N) is 1. The number of nitrogens with one attached hydrogen (secondary N) is 1. The maximum absolute atomic E-state index is 13.1. The first-order chi connectivity index (χ1) is 12.1. The van der Waals surface area contributed by atoms with E-state index in [2.05, 4.69) is 24.1 Å². The fraction of sp³-hybridized carbons (Fsp3) is 0.409. The first-order valence-electron chi connectivity index (χ1n) is 9.24. The maximum atomic E-state index is 13.1. The number of hydrogen-bond acceptors (Lipinski definition) is 2. The van der Waals surface area contributed by atoms with Gasteiger partial charge in [-0.2, -0.15) is 0 Å². The van der Waals surface area contributed by atoms with E-state index in [9.17, 15) is 4.79 Å². The van der Waals surface area contributed by atoms with E-state index in [4.69, 9.17) is 0 Å². The lowest BCUT2D eigenvalue weighted by atomic mass is 9.75. The van der Waals surface area contributed by atoms with Crippen LogP contribution in [-0.2, 0) is 10.2 Å². The van der Waals surface area contributed by atoms with Crippen LogP contribution < -0.4 is 5.32 Å². The van der Waals surface area contributed by atoms with Crippen LogP contribution in [-0.4, -0.2) is 37.0 Å². The van der Waals surface area contributed by atoms with Gasteiger partial charge in [0.05, 0.1) is 5.41 Å². The largest absolute Gasteiger partial charge is 0.355 e. The molecule has 2 aromatic carbocycles. The van der Waals surface area contributed by atoms with Gasteiger partial charge in [-0.1, -0.05) is 74.5 Å². The Hall–Kier alpha value is -2.13. The van der Waals surface area contributed by atoms with Crippen LogP contribution >= 0.6 is 0 Å². The van der Waals surface area contributed by atoms with Crippen molar-refractivity contribution in [1.29, 1.82) is 0 Å². The van der Waals surface area contributed by atoms with Gasteiger partial charge >= 0.3 is 0 Å². The van der Waals surface area contributed by atoms with Gasteiger partial charge in [-0.15, -0.1) is 0 Å². The number of carbonyl (C=O) groups excluding carboxylic acids is 1. The van der Waals surface area contributed by atoms with Gasteiger partial charge in [0.2, 0.25) is 5.91 Å². The van der Waals surface area contributed by atoms with Crippen molar-refractivity contribution < 1.29 is 4.79 Å². The monoisotopic (exact) mass is 338 g/mol. The number of amides is 1. The summed E-state index contributed by atoms with van der Waals surface area (Å²) in [6.07, 6.45) is 0.965. The molecule has 25 heavy (non-hydrogen) atoms. The molecule has 2 aromatic rings. The Balaban J connectivity index is 2.12. The lowest BCUT2D eigenvalue weighted by molar-refractivity contribution is -0.124. The quantitative estimate of drug-likeness (QED) is 0.705. The molecular formula is C22H30N2O. The SMILES string of the molecule is CCN(CC)CCCNC(=O)C(C)(c1ccccc1)c1ccccc1. The first-order valence-corrected chi connectivity index (χ1v) is 9.24. The molecule has 2 rings (SSSR count). The minimum Gasteiger partial charge on any atom is -0.355 e. The third kappa shape index (κ3) is 4.70. The van der Waals surface area contributed by atoms with Crippen molar-refractivity contribution >= 4 is 5.91 Å². The predicted molar refractivity (Wildman–Crippen MR) is 105 cm³/mol. The Morgan fingerprint density at radius 1 is 0.920 bits per heavy atom. The summed E-state index contributed by atoms with van der Waals surface area (Å²) in [4.78, 5) is 15.5. The van der Waals surface area contributed by atoms with Crippen LogP contribution in [0.2, 0.25) is 0 Å². The molecule has 0 heterocycles. The zero-order valence-corrected chi connectivity index (χ0v) is 15.7. The molecule has 0 bridgehead atoms. The third-order valence-corrected chi connectivity index (χ3v) is 4.99. The number of hydrogen-bond donors (Lipinski definition) is 1. The predicted octanol–water partition coefficient (Wildman–Crippen LogP) is 3.84. The molecule has 0 unspecified atom stereocenters. The van der Waals surface area contributed by atoms with Crippen molar-refractivity contribution in [3.05, 3.63) is 71.8 Å². The van der Waals surface area contributed by atoms with Crippen LogP contribution in [0.3, 0.4) is 0 Å². The zero-order chi connectivity index (χ0) is 18.1. The highest BCUT2D eigenvalue weighted by molar-refractivity contribution is 5.91. The van der Waals surface area contributed by atoms with Gasteiger partial charge in [0.15, 0.2) is 0 Å². The van der Waals surface area contributed by atoms with Gasteiger partial charge in [-0.3, -0.25) is 4.79 Å². The molecule has 3 heteroatoms. The topological polar surface area (TPSA) is 32.3 Å². The molecule has 0 aromatic heterocycles. The number of benzene rings is 2. The van der Waals surface area contributed by atoms with E-state index < -0.39 is 5.41 Å². The fourth-order valence-corrected chi connectivity index (χ4v) is 3.19. The van der Waals surface area contributed by atoms with E-state index in [1.165, 1.54) is 0 Å². The van der Waals surface area contributed by atoms with Crippen LogP contribution in [0.15, 0.2) is 60.7 Å². The summed E-state index contributed by atoms with van der Waals surface area (Å²) in [5.74, 6) is 0.0597. The Bertz CT molecular complexity index is 596. The molecule has 3 nitrogen and oxygen atoms in total. The van der Waals surface area contributed by atoms with Crippen molar-refractivity contribution in [2.24, 2.45) is 0 Å². The lowest BCUT2D eigenvalue weighted by Gasteiger charge is -2.30. The highest BCUT2D eigenvalue weighted by Crippen LogP contribution is 2.32. The third-order valence-electron chi connectivity index (χ3n) is 4.99. The second-order valence-corrected chi connectivity index (χ2v) is 6.49. The Morgan fingerprint density at radius 3 is 1.84 bits per heavy atom. The zero-order valence-electron chi connectivity index (χ0n) is 15.7. The minimum atomic E-state index is -0.683. The molecule has 0 spiro atoms. The van der Waals surface area contributed by atoms with Gasteiger partial charge < -0.3 is 10.2 Å². The second-order valence-electron chi connectivity index (χ2n) is 6.49. The van der Waals surface area contributed by atoms with Crippen molar-refractivity contribution in [2.45, 2.75) is 32.6 Å². The summed E-state index contributed by atoms with van der Waals surface area (Å²) in [7, 11) is 0. The van der Waals surface area contributed by atoms with E-state index in [1.54, 1.807) is 0 Å². The molecule has 0 aliphatic carbocycles. The molecule has 0 saturated heterocycles. The molecule has 0 saturated carbocycles. The van der Waals surface area contributed by atoms with Crippen LogP contribution in [0.1, 0.15) is 38.3 Å². The van der Waals surface area contributed by atoms with Gasteiger partial charge in [-0.05, 0) is 44.1 Å². The fourth-order valence-electron chi connectivity index (χ4n) is 3.19. The normalized spacial score (nSPS) is 11.5. The van der Waals surface area contributed by atoms with E-state index in [0.717, 1.165) is 37.2 Å². The van der Waals surface area contributed by atoms with Crippen molar-refractivity contribution in [1.82, 2.24) is 10.2 Å². The number of carbonyl (C=O) groups is 1. The van der Waals surface area contributed by atoms with Gasteiger partial charge in [0.25, 0.3) is 0 Å². The molecular weight excluding hydrogens is 308 g/mol. The average Bonchev–Trinajstić information content (AvgIpc) is 2.68. The molecule has 1 N–H and O–H groups in total. The standard InChI is InChI=1S/C22H30N2O/c1-4-24(5-2)18-12-17-23-21(25)22(3,19-13-8-6-9-14-19)20-15-10-7-11-16-20/h6-11,13-16H,4-5,12,17-18H2,1-3H3,(H,23,25). The first kappa shape index (κ1) is 19.2. The van der Waals surface area contributed by atoms with E-state index in [1.807, 2.05) is 67.6 Å². The van der Waals surface area contributed by atoms with E-state index in [-0.39, 0.29) is 5.91 Å². The van der Waals surface area contributed by atoms with Gasteiger partial charge in [0.1, 0.15) is 0 Å². The summed E-state index contributed by atoms with van der Waals surface area (Å²) in [5.41, 5.74) is 1.35. The smallest absolute Gasteiger partial charge is 0.234 e. The lowest BCUT2D eigenvalue weighted by Crippen LogP contribution is -2.44. The van der Waals surface area contributed by atoms with Crippen molar-refractivity contribution in [2.75, 3.05) is 26.2 Å². The minimum absolute atomic E-state index is 0.0597. The van der Waals surface area contributed by atoms with Crippen molar-refractivity contribution in [3.63, 3.8) is 0 Å². The summed E-state index contributed by atoms with van der Waals surface area (Å²) in [6, 6.07) is 20.0. The maximum Gasteiger partial charge on any atom is 0.234 e. The van der Waals surface area contributed by atoms with Crippen molar-refractivity contribution in [3.8, 4) is 0 Å². The molecule has 0 aliphatic rings.